The summed E-state index contributed by atoms with van der Waals surface area (Å²) in [6.07, 6.45) is -0.900. The number of rotatable bonds is 4. The van der Waals surface area contributed by atoms with Gasteiger partial charge in [0.05, 0.1) is 24.5 Å². The lowest BCUT2D eigenvalue weighted by Gasteiger charge is -2.29. The molecule has 7 heteroatoms. The van der Waals surface area contributed by atoms with E-state index in [0.29, 0.717) is 11.4 Å². The van der Waals surface area contributed by atoms with Gasteiger partial charge in [0.1, 0.15) is 11.7 Å². The Bertz CT molecular complexity index is 1150. The third kappa shape index (κ3) is 3.30. The minimum atomic E-state index is -0.900. The summed E-state index contributed by atoms with van der Waals surface area (Å²) in [6.45, 7) is 0. The summed E-state index contributed by atoms with van der Waals surface area (Å²) in [5, 5.41) is 1.68. The average Bonchev–Trinajstić information content (AvgIpc) is 3.30. The predicted molar refractivity (Wildman–Crippen MR) is 120 cm³/mol. The number of halogens is 1. The molecule has 3 aromatic carbocycles. The Morgan fingerprint density at radius 1 is 0.871 bits per heavy atom. The van der Waals surface area contributed by atoms with E-state index in [0.717, 1.165) is 15.7 Å². The molecule has 2 amide bonds. The van der Waals surface area contributed by atoms with E-state index in [2.05, 4.69) is 15.9 Å². The molecule has 156 valence electrons. The number of imide groups is 1. The predicted octanol–water partition coefficient (Wildman–Crippen LogP) is 4.51. The van der Waals surface area contributed by atoms with Crippen LogP contribution in [0.3, 0.4) is 0 Å². The van der Waals surface area contributed by atoms with Gasteiger partial charge in [-0.25, -0.2) is 9.96 Å². The van der Waals surface area contributed by atoms with Gasteiger partial charge in [0.25, 0.3) is 5.91 Å². The molecule has 3 aromatic rings. The minimum absolute atomic E-state index is 0.278. The van der Waals surface area contributed by atoms with Crippen LogP contribution in [0.25, 0.3) is 0 Å². The highest BCUT2D eigenvalue weighted by Gasteiger charge is 2.60. The van der Waals surface area contributed by atoms with Gasteiger partial charge in [0.15, 0.2) is 6.10 Å². The summed E-state index contributed by atoms with van der Waals surface area (Å²) in [6, 6.07) is 23.7. The number of ether oxygens (including phenoxy) is 1. The third-order valence-corrected chi connectivity index (χ3v) is 6.12. The highest BCUT2D eigenvalue weighted by molar-refractivity contribution is 9.10. The van der Waals surface area contributed by atoms with Gasteiger partial charge in [-0.3, -0.25) is 14.4 Å². The molecule has 2 aliphatic heterocycles. The van der Waals surface area contributed by atoms with Crippen LogP contribution in [0, 0.1) is 5.92 Å². The number of fused-ring (bicyclic) bond motifs is 1. The van der Waals surface area contributed by atoms with Crippen molar-refractivity contribution >= 4 is 39.1 Å². The molecule has 0 bridgehead atoms. The number of anilines is 2. The van der Waals surface area contributed by atoms with E-state index < -0.39 is 18.1 Å². The maximum atomic E-state index is 13.6. The third-order valence-electron chi connectivity index (χ3n) is 5.63. The largest absolute Gasteiger partial charge is 0.497 e. The summed E-state index contributed by atoms with van der Waals surface area (Å²) in [5.74, 6) is -0.646. The van der Waals surface area contributed by atoms with Crippen LogP contribution in [0.2, 0.25) is 0 Å². The topological polar surface area (TPSA) is 59.1 Å². The molecule has 0 N–H and O–H groups in total. The van der Waals surface area contributed by atoms with Gasteiger partial charge in [0, 0.05) is 4.47 Å². The van der Waals surface area contributed by atoms with Crippen LogP contribution in [0.15, 0.2) is 83.3 Å². The van der Waals surface area contributed by atoms with Gasteiger partial charge < -0.3 is 4.74 Å². The van der Waals surface area contributed by atoms with Crippen molar-refractivity contribution in [2.75, 3.05) is 17.1 Å². The molecule has 0 aliphatic carbocycles. The fourth-order valence-electron chi connectivity index (χ4n) is 4.25. The van der Waals surface area contributed by atoms with Crippen molar-refractivity contribution in [1.82, 2.24) is 0 Å². The second-order valence-electron chi connectivity index (χ2n) is 7.43. The van der Waals surface area contributed by atoms with Gasteiger partial charge in [-0.2, -0.15) is 0 Å². The molecule has 2 saturated heterocycles. The normalized spacial score (nSPS) is 22.7. The first-order valence-corrected chi connectivity index (χ1v) is 10.7. The highest BCUT2D eigenvalue weighted by atomic mass is 79.9. The number of hydrogen-bond acceptors (Lipinski definition) is 5. The van der Waals surface area contributed by atoms with Crippen LogP contribution < -0.4 is 14.7 Å². The van der Waals surface area contributed by atoms with E-state index >= 15 is 0 Å². The first kappa shape index (κ1) is 19.8. The van der Waals surface area contributed by atoms with Crippen LogP contribution in [-0.4, -0.2) is 25.0 Å². The molecule has 0 aromatic heterocycles. The summed E-state index contributed by atoms with van der Waals surface area (Å²) in [5.41, 5.74) is 2.14. The molecule has 0 saturated carbocycles. The van der Waals surface area contributed by atoms with Crippen LogP contribution in [0.5, 0.6) is 5.75 Å². The number of hydrogen-bond donors (Lipinski definition) is 0. The van der Waals surface area contributed by atoms with Crippen LogP contribution >= 0.6 is 15.9 Å². The van der Waals surface area contributed by atoms with E-state index in [1.807, 2.05) is 60.7 Å². The standard InChI is InChI=1S/C24H19BrN2O4/c1-30-19-12-5-7-15(13-19)21-20-22(31-27(21)17-9-3-2-4-10-17)24(29)26(23(20)28)18-11-6-8-16(25)14-18/h2-14,20-22H,1H3/t20-,21-,22+/m1/s1. The highest BCUT2D eigenvalue weighted by Crippen LogP contribution is 2.48. The Balaban J connectivity index is 1.60. The van der Waals surface area contributed by atoms with Crippen molar-refractivity contribution in [3.63, 3.8) is 0 Å². The van der Waals surface area contributed by atoms with Gasteiger partial charge in [-0.05, 0) is 48.0 Å². The van der Waals surface area contributed by atoms with Crippen molar-refractivity contribution in [2.45, 2.75) is 12.1 Å². The summed E-state index contributed by atoms with van der Waals surface area (Å²) < 4.78 is 6.18. The number of hydroxylamine groups is 1. The summed E-state index contributed by atoms with van der Waals surface area (Å²) >= 11 is 3.41. The lowest BCUT2D eigenvalue weighted by Crippen LogP contribution is -2.37. The SMILES string of the molecule is COc1cccc([C@@H]2[C@H]3C(=O)N(c4cccc(Br)c4)C(=O)[C@H]3ON2c2ccccc2)c1. The fraction of sp³-hybridized carbons (Fsp3) is 0.167. The molecular weight excluding hydrogens is 460 g/mol. The molecule has 31 heavy (non-hydrogen) atoms. The smallest absolute Gasteiger partial charge is 0.266 e. The van der Waals surface area contributed by atoms with Crippen molar-refractivity contribution in [3.05, 3.63) is 88.9 Å². The minimum Gasteiger partial charge on any atom is -0.497 e. The quantitative estimate of drug-likeness (QED) is 0.516. The Hall–Kier alpha value is -3.16. The average molecular weight is 479 g/mol. The van der Waals surface area contributed by atoms with E-state index in [1.165, 1.54) is 4.90 Å². The number of carbonyl (C=O) groups is 2. The Morgan fingerprint density at radius 3 is 2.35 bits per heavy atom. The zero-order chi connectivity index (χ0) is 21.5. The molecule has 2 fully saturated rings. The number of carbonyl (C=O) groups excluding carboxylic acids is 2. The van der Waals surface area contributed by atoms with Gasteiger partial charge >= 0.3 is 0 Å². The fourth-order valence-corrected chi connectivity index (χ4v) is 4.63. The van der Waals surface area contributed by atoms with Crippen molar-refractivity contribution in [3.8, 4) is 5.75 Å². The number of amides is 2. The second-order valence-corrected chi connectivity index (χ2v) is 8.34. The zero-order valence-electron chi connectivity index (χ0n) is 16.6. The van der Waals surface area contributed by atoms with Gasteiger partial charge in [0.2, 0.25) is 5.91 Å². The monoisotopic (exact) mass is 478 g/mol. The molecule has 6 nitrogen and oxygen atoms in total. The first-order chi connectivity index (χ1) is 15.1. The molecular formula is C24H19BrN2O4. The van der Waals surface area contributed by atoms with E-state index in [1.54, 1.807) is 30.4 Å². The van der Waals surface area contributed by atoms with Crippen molar-refractivity contribution in [1.29, 1.82) is 0 Å². The van der Waals surface area contributed by atoms with Crippen LogP contribution in [-0.2, 0) is 14.4 Å². The molecule has 5 rings (SSSR count). The van der Waals surface area contributed by atoms with Gasteiger partial charge in [-0.15, -0.1) is 0 Å². The van der Waals surface area contributed by atoms with Crippen molar-refractivity contribution in [2.24, 2.45) is 5.92 Å². The molecule has 3 atom stereocenters. The van der Waals surface area contributed by atoms with Gasteiger partial charge in [-0.1, -0.05) is 52.3 Å². The number of para-hydroxylation sites is 1. The first-order valence-electron chi connectivity index (χ1n) is 9.87. The van der Waals surface area contributed by atoms with E-state index in [9.17, 15) is 9.59 Å². The molecule has 0 spiro atoms. The van der Waals surface area contributed by atoms with Crippen molar-refractivity contribution < 1.29 is 19.2 Å². The maximum absolute atomic E-state index is 13.6. The molecule has 0 radical (unpaired) electrons. The second kappa shape index (κ2) is 7.83. The summed E-state index contributed by atoms with van der Waals surface area (Å²) in [4.78, 5) is 34.3. The van der Waals surface area contributed by atoms with E-state index in [4.69, 9.17) is 9.57 Å². The molecule has 2 heterocycles. The Morgan fingerprint density at radius 2 is 1.61 bits per heavy atom. The zero-order valence-corrected chi connectivity index (χ0v) is 18.2. The van der Waals surface area contributed by atoms with Crippen LogP contribution in [0.1, 0.15) is 11.6 Å². The number of nitrogens with zero attached hydrogens (tertiary/aromatic N) is 2. The molecule has 0 unspecified atom stereocenters. The lowest BCUT2D eigenvalue weighted by atomic mass is 9.90. The summed E-state index contributed by atoms with van der Waals surface area (Å²) in [7, 11) is 1.60. The lowest BCUT2D eigenvalue weighted by molar-refractivity contribution is -0.126. The number of benzene rings is 3. The maximum Gasteiger partial charge on any atom is 0.266 e. The molecule has 2 aliphatic rings. The Labute approximate surface area is 188 Å². The van der Waals surface area contributed by atoms with Crippen LogP contribution in [0.4, 0.5) is 11.4 Å². The van der Waals surface area contributed by atoms with E-state index in [-0.39, 0.29) is 11.8 Å². The number of methoxy groups -OCH3 is 1. The Kier molecular flexibility index (Phi) is 5.00.